The summed E-state index contributed by atoms with van der Waals surface area (Å²) in [5, 5.41) is 0. The third-order valence-corrected chi connectivity index (χ3v) is 3.81. The minimum absolute atomic E-state index is 0.365. The molecule has 0 bridgehead atoms. The van der Waals surface area contributed by atoms with E-state index >= 15 is 0 Å². The maximum atomic E-state index is 10.4. The van der Waals surface area contributed by atoms with Crippen LogP contribution in [0.25, 0.3) is 0 Å². The second-order valence-electron chi connectivity index (χ2n) is 5.65. The van der Waals surface area contributed by atoms with E-state index in [2.05, 4.69) is 20.8 Å². The Morgan fingerprint density at radius 2 is 2.12 bits per heavy atom. The molecule has 0 aromatic carbocycles. The maximum Gasteiger partial charge on any atom is 0.142 e. The van der Waals surface area contributed by atoms with Crippen molar-refractivity contribution >= 4 is 6.29 Å². The van der Waals surface area contributed by atoms with Crippen molar-refractivity contribution in [3.8, 4) is 0 Å². The van der Waals surface area contributed by atoms with Crippen LogP contribution in [0.2, 0.25) is 0 Å². The highest BCUT2D eigenvalue weighted by Crippen LogP contribution is 2.42. The second-order valence-corrected chi connectivity index (χ2v) is 5.65. The number of hydrogen-bond acceptors (Lipinski definition) is 1. The zero-order chi connectivity index (χ0) is 12.2. The maximum absolute atomic E-state index is 10.4. The van der Waals surface area contributed by atoms with Crippen molar-refractivity contribution in [2.45, 2.75) is 59.8 Å². The quantitative estimate of drug-likeness (QED) is 0.389. The average molecular weight is 220 g/mol. The minimum atomic E-state index is 0.365. The minimum Gasteiger partial charge on any atom is -0.299 e. The topological polar surface area (TPSA) is 17.1 Å². The highest BCUT2D eigenvalue weighted by atomic mass is 16.1. The number of carbonyl (C=O) groups excluding carboxylic acids is 1. The second kappa shape index (κ2) is 5.47. The number of rotatable bonds is 4. The molecule has 0 aromatic heterocycles. The summed E-state index contributed by atoms with van der Waals surface area (Å²) in [5.74, 6) is 0. The number of aldehydes is 1. The summed E-state index contributed by atoms with van der Waals surface area (Å²) in [4.78, 5) is 10.4. The lowest BCUT2D eigenvalue weighted by atomic mass is 9.71. The molecule has 16 heavy (non-hydrogen) atoms. The lowest BCUT2D eigenvalue weighted by Gasteiger charge is -2.34. The third-order valence-electron chi connectivity index (χ3n) is 3.81. The summed E-state index contributed by atoms with van der Waals surface area (Å²) < 4.78 is 0. The Hall–Kier alpha value is -0.850. The predicted molar refractivity (Wildman–Crippen MR) is 69.4 cm³/mol. The molecule has 0 unspecified atom stereocenters. The van der Waals surface area contributed by atoms with E-state index < -0.39 is 0 Å². The Morgan fingerprint density at radius 1 is 1.44 bits per heavy atom. The molecule has 0 saturated heterocycles. The van der Waals surface area contributed by atoms with Crippen molar-refractivity contribution in [1.82, 2.24) is 0 Å². The fourth-order valence-corrected chi connectivity index (χ4v) is 2.75. The van der Waals surface area contributed by atoms with E-state index in [0.29, 0.717) is 5.41 Å². The SMILES string of the molecule is CC1=C(CC/C(C)=C/C=O)C(C)(C)CCC1. The third kappa shape index (κ3) is 3.33. The zero-order valence-electron chi connectivity index (χ0n) is 11.1. The first-order valence-corrected chi connectivity index (χ1v) is 6.27. The van der Waals surface area contributed by atoms with Crippen LogP contribution in [0.1, 0.15) is 59.8 Å². The number of hydrogen-bond donors (Lipinski definition) is 0. The summed E-state index contributed by atoms with van der Waals surface area (Å²) in [7, 11) is 0. The van der Waals surface area contributed by atoms with Crippen molar-refractivity contribution in [3.63, 3.8) is 0 Å². The normalized spacial score (nSPS) is 21.1. The van der Waals surface area contributed by atoms with Crippen LogP contribution < -0.4 is 0 Å². The molecule has 0 radical (unpaired) electrons. The molecule has 0 heterocycles. The smallest absolute Gasteiger partial charge is 0.142 e. The van der Waals surface area contributed by atoms with Crippen molar-refractivity contribution < 1.29 is 4.79 Å². The van der Waals surface area contributed by atoms with E-state index in [1.807, 2.05) is 6.92 Å². The van der Waals surface area contributed by atoms with Gasteiger partial charge in [-0.25, -0.2) is 0 Å². The standard InChI is InChI=1S/C15H24O/c1-12(9-11-16)7-8-14-13(2)6-5-10-15(14,3)4/h9,11H,5-8,10H2,1-4H3/b12-9+. The molecule has 0 saturated carbocycles. The Morgan fingerprint density at radius 3 is 2.69 bits per heavy atom. The lowest BCUT2D eigenvalue weighted by molar-refractivity contribution is -0.104. The molecule has 1 rings (SSSR count). The average Bonchev–Trinajstić information content (AvgIpc) is 2.16. The Bertz CT molecular complexity index is 318. The Kier molecular flexibility index (Phi) is 4.52. The van der Waals surface area contributed by atoms with Gasteiger partial charge < -0.3 is 0 Å². The molecule has 0 fully saturated rings. The number of carbonyl (C=O) groups is 1. The summed E-state index contributed by atoms with van der Waals surface area (Å²) in [6.45, 7) is 9.02. The fraction of sp³-hybridized carbons (Fsp3) is 0.667. The van der Waals surface area contributed by atoms with Crippen molar-refractivity contribution in [2.24, 2.45) is 5.41 Å². The van der Waals surface area contributed by atoms with Gasteiger partial charge in [0.1, 0.15) is 6.29 Å². The van der Waals surface area contributed by atoms with Gasteiger partial charge in [-0.15, -0.1) is 0 Å². The summed E-state index contributed by atoms with van der Waals surface area (Å²) in [5.41, 5.74) is 4.76. The van der Waals surface area contributed by atoms with Crippen molar-refractivity contribution in [2.75, 3.05) is 0 Å². The highest BCUT2D eigenvalue weighted by molar-refractivity contribution is 5.65. The van der Waals surface area contributed by atoms with Crippen LogP contribution in [0.4, 0.5) is 0 Å². The van der Waals surface area contributed by atoms with E-state index in [1.165, 1.54) is 24.8 Å². The van der Waals surface area contributed by atoms with Gasteiger partial charge >= 0.3 is 0 Å². The van der Waals surface area contributed by atoms with Crippen LogP contribution in [-0.2, 0) is 4.79 Å². The van der Waals surface area contributed by atoms with Crippen LogP contribution in [0.5, 0.6) is 0 Å². The van der Waals surface area contributed by atoms with E-state index in [4.69, 9.17) is 0 Å². The molecule has 0 aliphatic heterocycles. The molecule has 0 amide bonds. The molecule has 1 aliphatic rings. The van der Waals surface area contributed by atoms with Gasteiger partial charge in [0.2, 0.25) is 0 Å². The van der Waals surface area contributed by atoms with E-state index in [-0.39, 0.29) is 0 Å². The monoisotopic (exact) mass is 220 g/mol. The van der Waals surface area contributed by atoms with Gasteiger partial charge in [-0.1, -0.05) is 30.6 Å². The molecule has 1 heteroatoms. The summed E-state index contributed by atoms with van der Waals surface area (Å²) in [6, 6.07) is 0. The Balaban J connectivity index is 2.71. The zero-order valence-corrected chi connectivity index (χ0v) is 11.1. The molecule has 0 atom stereocenters. The van der Waals surface area contributed by atoms with E-state index in [9.17, 15) is 4.79 Å². The molecule has 90 valence electrons. The molecular weight excluding hydrogens is 196 g/mol. The summed E-state index contributed by atoms with van der Waals surface area (Å²) in [6.07, 6.45) is 8.61. The lowest BCUT2D eigenvalue weighted by Crippen LogP contribution is -2.20. The molecule has 1 nitrogen and oxygen atoms in total. The van der Waals surface area contributed by atoms with Gasteiger partial charge in [0, 0.05) is 0 Å². The predicted octanol–water partition coefficient (Wildman–Crippen LogP) is 4.44. The summed E-state index contributed by atoms with van der Waals surface area (Å²) >= 11 is 0. The first-order chi connectivity index (χ1) is 7.47. The molecule has 0 N–H and O–H groups in total. The van der Waals surface area contributed by atoms with Gasteiger partial charge in [-0.2, -0.15) is 0 Å². The van der Waals surface area contributed by atoms with Crippen LogP contribution >= 0.6 is 0 Å². The van der Waals surface area contributed by atoms with Crippen LogP contribution in [0, 0.1) is 5.41 Å². The van der Waals surface area contributed by atoms with Crippen LogP contribution in [-0.4, -0.2) is 6.29 Å². The van der Waals surface area contributed by atoms with E-state index in [0.717, 1.165) is 19.1 Å². The Labute approximate surface area is 99.6 Å². The van der Waals surface area contributed by atoms with Gasteiger partial charge in [0.05, 0.1) is 0 Å². The molecular formula is C15H24O. The van der Waals surface area contributed by atoms with Crippen molar-refractivity contribution in [3.05, 3.63) is 22.8 Å². The first-order valence-electron chi connectivity index (χ1n) is 6.27. The van der Waals surface area contributed by atoms with Gasteiger partial charge in [0.15, 0.2) is 0 Å². The first kappa shape index (κ1) is 13.2. The fourth-order valence-electron chi connectivity index (χ4n) is 2.75. The van der Waals surface area contributed by atoms with Gasteiger partial charge in [0.25, 0.3) is 0 Å². The molecule has 0 aromatic rings. The van der Waals surface area contributed by atoms with Crippen molar-refractivity contribution in [1.29, 1.82) is 0 Å². The van der Waals surface area contributed by atoms with Crippen LogP contribution in [0.3, 0.4) is 0 Å². The largest absolute Gasteiger partial charge is 0.299 e. The highest BCUT2D eigenvalue weighted by Gasteiger charge is 2.27. The molecule has 1 aliphatic carbocycles. The van der Waals surface area contributed by atoms with Gasteiger partial charge in [-0.3, -0.25) is 4.79 Å². The van der Waals surface area contributed by atoms with E-state index in [1.54, 1.807) is 17.2 Å². The molecule has 0 spiro atoms. The van der Waals surface area contributed by atoms with Crippen LogP contribution in [0.15, 0.2) is 22.8 Å². The number of allylic oxidation sites excluding steroid dienone is 4. The van der Waals surface area contributed by atoms with Gasteiger partial charge in [-0.05, 0) is 57.4 Å².